The van der Waals surface area contributed by atoms with Crippen molar-refractivity contribution in [1.29, 1.82) is 0 Å². The molecule has 1 heterocycles. The molecule has 0 bridgehead atoms. The summed E-state index contributed by atoms with van der Waals surface area (Å²) in [5.41, 5.74) is 1.07. The van der Waals surface area contributed by atoms with Gasteiger partial charge in [-0.25, -0.2) is 0 Å². The van der Waals surface area contributed by atoms with Crippen LogP contribution in [0.15, 0.2) is 42.3 Å². The minimum absolute atomic E-state index is 0.666. The van der Waals surface area contributed by atoms with Crippen LogP contribution in [0.25, 0.3) is 0 Å². The predicted molar refractivity (Wildman–Crippen MR) is 85.0 cm³/mol. The highest BCUT2D eigenvalue weighted by Gasteiger charge is 2.08. The Balaban J connectivity index is 1.86. The molecule has 4 heteroatoms. The third kappa shape index (κ3) is 4.46. The maximum absolute atomic E-state index is 6.19. The largest absolute Gasteiger partial charge is 0.494 e. The molecule has 1 aromatic carbocycles. The third-order valence-electron chi connectivity index (χ3n) is 3.13. The maximum Gasteiger partial charge on any atom is 0.118 e. The van der Waals surface area contributed by atoms with Gasteiger partial charge in [-0.15, -0.1) is 0 Å². The minimum atomic E-state index is 0.666. The van der Waals surface area contributed by atoms with E-state index in [1.54, 1.807) is 6.07 Å². The Bertz CT molecular complexity index is 511. The van der Waals surface area contributed by atoms with Gasteiger partial charge in [-0.05, 0) is 36.3 Å². The van der Waals surface area contributed by atoms with Crippen LogP contribution in [0.3, 0.4) is 0 Å². The molecule has 0 amide bonds. The Morgan fingerprint density at radius 3 is 2.80 bits per heavy atom. The summed E-state index contributed by atoms with van der Waals surface area (Å²) >= 11 is 12.1. The molecular weight excluding hydrogens is 293 g/mol. The van der Waals surface area contributed by atoms with Crippen molar-refractivity contribution in [3.63, 3.8) is 0 Å². The summed E-state index contributed by atoms with van der Waals surface area (Å²) in [6, 6.07) is 5.61. The van der Waals surface area contributed by atoms with Crippen molar-refractivity contribution in [2.75, 3.05) is 13.2 Å². The summed E-state index contributed by atoms with van der Waals surface area (Å²) < 4.78 is 5.67. The molecule has 0 N–H and O–H groups in total. The number of allylic oxidation sites excluding steroid dienone is 1. The van der Waals surface area contributed by atoms with Crippen molar-refractivity contribution < 1.29 is 4.74 Å². The molecule has 0 spiro atoms. The second-order valence-corrected chi connectivity index (χ2v) is 5.63. The molecule has 1 aromatic rings. The number of hydrogen-bond donors (Lipinski definition) is 0. The first-order chi connectivity index (χ1) is 9.69. The van der Waals surface area contributed by atoms with Gasteiger partial charge in [-0.2, -0.15) is 0 Å². The monoisotopic (exact) mass is 311 g/mol. The van der Waals surface area contributed by atoms with Crippen molar-refractivity contribution in [2.45, 2.75) is 26.3 Å². The number of halogens is 2. The first kappa shape index (κ1) is 15.3. The molecule has 0 radical (unpaired) electrons. The van der Waals surface area contributed by atoms with Crippen molar-refractivity contribution in [3.8, 4) is 0 Å². The standard InChI is InChI=1S/C16H19Cl2NO/c1-2-3-10-20-15-6-8-19(9-7-15)12-13-4-5-14(17)11-16(13)18/h4-8,11H,2-3,9-10,12H2,1H3. The van der Waals surface area contributed by atoms with Gasteiger partial charge in [0, 0.05) is 29.3 Å². The lowest BCUT2D eigenvalue weighted by molar-refractivity contribution is 0.212. The Morgan fingerprint density at radius 2 is 2.15 bits per heavy atom. The third-order valence-corrected chi connectivity index (χ3v) is 3.72. The summed E-state index contributed by atoms with van der Waals surface area (Å²) in [6.07, 6.45) is 8.39. The molecule has 1 aliphatic rings. The van der Waals surface area contributed by atoms with Crippen LogP contribution in [-0.4, -0.2) is 18.1 Å². The Morgan fingerprint density at radius 1 is 1.30 bits per heavy atom. The molecule has 0 atom stereocenters. The van der Waals surface area contributed by atoms with E-state index < -0.39 is 0 Å². The van der Waals surface area contributed by atoms with Crippen LogP contribution in [0.1, 0.15) is 25.3 Å². The van der Waals surface area contributed by atoms with Crippen LogP contribution in [-0.2, 0) is 11.3 Å². The average Bonchev–Trinajstić information content (AvgIpc) is 2.44. The Labute approximate surface area is 130 Å². The van der Waals surface area contributed by atoms with Gasteiger partial charge in [0.25, 0.3) is 0 Å². The topological polar surface area (TPSA) is 12.5 Å². The fourth-order valence-corrected chi connectivity index (χ4v) is 2.41. The van der Waals surface area contributed by atoms with E-state index in [4.69, 9.17) is 27.9 Å². The number of hydrogen-bond acceptors (Lipinski definition) is 2. The van der Waals surface area contributed by atoms with Crippen LogP contribution in [0.5, 0.6) is 0 Å². The Kier molecular flexibility index (Phi) is 5.81. The van der Waals surface area contributed by atoms with Crippen LogP contribution in [0.2, 0.25) is 10.0 Å². The number of ether oxygens (including phenoxy) is 1. The molecule has 0 fully saturated rings. The predicted octanol–water partition coefficient (Wildman–Crippen LogP) is 5.02. The Hall–Kier alpha value is -1.12. The van der Waals surface area contributed by atoms with Gasteiger partial charge in [0.1, 0.15) is 5.76 Å². The number of rotatable bonds is 6. The van der Waals surface area contributed by atoms with Gasteiger partial charge >= 0.3 is 0 Å². The summed E-state index contributed by atoms with van der Waals surface area (Å²) in [5.74, 6) is 0.955. The minimum Gasteiger partial charge on any atom is -0.494 e. The zero-order valence-corrected chi connectivity index (χ0v) is 13.1. The second kappa shape index (κ2) is 7.61. The summed E-state index contributed by atoms with van der Waals surface area (Å²) in [7, 11) is 0. The van der Waals surface area contributed by atoms with E-state index >= 15 is 0 Å². The molecule has 0 aromatic heterocycles. The van der Waals surface area contributed by atoms with E-state index in [2.05, 4.69) is 17.9 Å². The van der Waals surface area contributed by atoms with Gasteiger partial charge in [0.15, 0.2) is 0 Å². The zero-order valence-electron chi connectivity index (χ0n) is 11.6. The molecule has 0 saturated heterocycles. The van der Waals surface area contributed by atoms with Crippen molar-refractivity contribution in [2.24, 2.45) is 0 Å². The molecule has 2 rings (SSSR count). The molecule has 1 aliphatic heterocycles. The number of nitrogens with zero attached hydrogens (tertiary/aromatic N) is 1. The SMILES string of the molecule is CCCCOC1=CCN(Cc2ccc(Cl)cc2Cl)C=C1. The molecule has 0 unspecified atom stereocenters. The van der Waals surface area contributed by atoms with Crippen molar-refractivity contribution in [3.05, 3.63) is 57.9 Å². The van der Waals surface area contributed by atoms with Gasteiger partial charge in [0.05, 0.1) is 6.61 Å². The van der Waals surface area contributed by atoms with E-state index in [0.717, 1.165) is 43.9 Å². The molecule has 0 saturated carbocycles. The highest BCUT2D eigenvalue weighted by molar-refractivity contribution is 6.35. The number of unbranched alkanes of at least 4 members (excludes halogenated alkanes) is 1. The van der Waals surface area contributed by atoms with Gasteiger partial charge in [0.2, 0.25) is 0 Å². The maximum atomic E-state index is 6.19. The van der Waals surface area contributed by atoms with Crippen LogP contribution in [0.4, 0.5) is 0 Å². The van der Waals surface area contributed by atoms with Crippen molar-refractivity contribution >= 4 is 23.2 Å². The van der Waals surface area contributed by atoms with E-state index in [1.165, 1.54) is 0 Å². The lowest BCUT2D eigenvalue weighted by atomic mass is 10.2. The molecule has 0 aliphatic carbocycles. The van der Waals surface area contributed by atoms with E-state index in [0.29, 0.717) is 10.0 Å². The smallest absolute Gasteiger partial charge is 0.118 e. The molecule has 20 heavy (non-hydrogen) atoms. The average molecular weight is 312 g/mol. The first-order valence-corrected chi connectivity index (χ1v) is 7.63. The molecule has 108 valence electrons. The fourth-order valence-electron chi connectivity index (χ4n) is 1.94. The van der Waals surface area contributed by atoms with Gasteiger partial charge in [-0.3, -0.25) is 0 Å². The lowest BCUT2D eigenvalue weighted by Gasteiger charge is -2.23. The first-order valence-electron chi connectivity index (χ1n) is 6.88. The molecule has 2 nitrogen and oxygen atoms in total. The quantitative estimate of drug-likeness (QED) is 0.684. The second-order valence-electron chi connectivity index (χ2n) is 4.79. The van der Waals surface area contributed by atoms with E-state index in [9.17, 15) is 0 Å². The fraction of sp³-hybridized carbons (Fsp3) is 0.375. The summed E-state index contributed by atoms with van der Waals surface area (Å²) in [6.45, 7) is 4.55. The van der Waals surface area contributed by atoms with Crippen LogP contribution >= 0.6 is 23.2 Å². The van der Waals surface area contributed by atoms with Crippen LogP contribution in [0, 0.1) is 0 Å². The van der Waals surface area contributed by atoms with Gasteiger partial charge in [-0.1, -0.05) is 42.6 Å². The molecular formula is C16H19Cl2NO. The van der Waals surface area contributed by atoms with Crippen LogP contribution < -0.4 is 0 Å². The van der Waals surface area contributed by atoms with Gasteiger partial charge < -0.3 is 9.64 Å². The zero-order chi connectivity index (χ0) is 14.4. The van der Waals surface area contributed by atoms with Crippen molar-refractivity contribution in [1.82, 2.24) is 4.90 Å². The number of benzene rings is 1. The van der Waals surface area contributed by atoms with E-state index in [-0.39, 0.29) is 0 Å². The van der Waals surface area contributed by atoms with E-state index in [1.807, 2.05) is 24.4 Å². The summed E-state index contributed by atoms with van der Waals surface area (Å²) in [5, 5.41) is 1.37. The normalized spacial score (nSPS) is 14.3. The summed E-state index contributed by atoms with van der Waals surface area (Å²) in [4.78, 5) is 2.18. The highest BCUT2D eigenvalue weighted by atomic mass is 35.5. The lowest BCUT2D eigenvalue weighted by Crippen LogP contribution is -2.20. The highest BCUT2D eigenvalue weighted by Crippen LogP contribution is 2.23.